The van der Waals surface area contributed by atoms with E-state index in [2.05, 4.69) is 10.6 Å². The van der Waals surface area contributed by atoms with Crippen LogP contribution in [0.5, 0.6) is 0 Å². The molecule has 0 bridgehead atoms. The highest BCUT2D eigenvalue weighted by molar-refractivity contribution is 6.34. The lowest BCUT2D eigenvalue weighted by Gasteiger charge is -2.45. The van der Waals surface area contributed by atoms with Crippen LogP contribution in [0.4, 0.5) is 10.5 Å². The third kappa shape index (κ3) is 8.21. The number of nitrogens with zero attached hydrogens (tertiary/aromatic N) is 1. The van der Waals surface area contributed by atoms with Gasteiger partial charge in [-0.05, 0) is 83.6 Å². The summed E-state index contributed by atoms with van der Waals surface area (Å²) in [7, 11) is 0. The van der Waals surface area contributed by atoms with Crippen molar-refractivity contribution >= 4 is 35.2 Å². The molecule has 214 valence electrons. The zero-order valence-corrected chi connectivity index (χ0v) is 25.7. The van der Waals surface area contributed by atoms with Crippen LogP contribution in [0, 0.1) is 19.8 Å². The monoisotopic (exact) mass is 557 g/mol. The van der Waals surface area contributed by atoms with E-state index in [4.69, 9.17) is 16.3 Å². The Morgan fingerprint density at radius 3 is 2.05 bits per heavy atom. The molecule has 7 nitrogen and oxygen atoms in total. The fourth-order valence-corrected chi connectivity index (χ4v) is 4.59. The van der Waals surface area contributed by atoms with Crippen LogP contribution in [-0.4, -0.2) is 40.0 Å². The maximum atomic E-state index is 14.5. The summed E-state index contributed by atoms with van der Waals surface area (Å²) in [5.74, 6) is -1.04. The first-order valence-corrected chi connectivity index (χ1v) is 13.8. The normalized spacial score (nSPS) is 13.4. The summed E-state index contributed by atoms with van der Waals surface area (Å²) in [6.07, 6.45) is -0.121. The highest BCUT2D eigenvalue weighted by Crippen LogP contribution is 2.36. The summed E-state index contributed by atoms with van der Waals surface area (Å²) in [6, 6.07) is 11.0. The summed E-state index contributed by atoms with van der Waals surface area (Å²) in [6.45, 7) is 18.6. The van der Waals surface area contributed by atoms with E-state index in [1.165, 1.54) is 0 Å². The number of amides is 3. The Hall–Kier alpha value is -3.06. The number of nitrogens with one attached hydrogen (secondary N) is 2. The van der Waals surface area contributed by atoms with Gasteiger partial charge in [0.15, 0.2) is 0 Å². The predicted molar refractivity (Wildman–Crippen MR) is 158 cm³/mol. The minimum Gasteiger partial charge on any atom is -0.444 e. The number of rotatable bonds is 9. The number of benzene rings is 2. The van der Waals surface area contributed by atoms with Crippen molar-refractivity contribution in [1.29, 1.82) is 0 Å². The lowest BCUT2D eigenvalue weighted by Crippen LogP contribution is -2.60. The number of hydrogen-bond acceptors (Lipinski definition) is 4. The molecule has 2 unspecified atom stereocenters. The van der Waals surface area contributed by atoms with Crippen molar-refractivity contribution in [2.24, 2.45) is 5.92 Å². The fourth-order valence-electron chi connectivity index (χ4n) is 4.32. The SMILES string of the molecule is CCC(C)(C)N(C(=O)C(NC(=O)OC(C)(C)C)C(C)C)C(C(=O)Nc1c(C)cccc1Cl)c1ccccc1C. The van der Waals surface area contributed by atoms with Gasteiger partial charge in [-0.1, -0.05) is 68.8 Å². The van der Waals surface area contributed by atoms with Crippen LogP contribution < -0.4 is 10.6 Å². The minimum atomic E-state index is -0.994. The third-order valence-corrected chi connectivity index (χ3v) is 7.13. The molecule has 0 saturated heterocycles. The number of alkyl carbamates (subject to hydrolysis) is 1. The van der Waals surface area contributed by atoms with Crippen molar-refractivity contribution in [2.75, 3.05) is 5.32 Å². The molecule has 0 radical (unpaired) electrons. The number of aryl methyl sites for hydroxylation is 2. The summed E-state index contributed by atoms with van der Waals surface area (Å²) >= 11 is 6.46. The van der Waals surface area contributed by atoms with Gasteiger partial charge in [-0.15, -0.1) is 0 Å². The van der Waals surface area contributed by atoms with Crippen LogP contribution in [0.1, 0.15) is 84.5 Å². The first-order valence-electron chi connectivity index (χ1n) is 13.4. The van der Waals surface area contributed by atoms with Crippen molar-refractivity contribution < 1.29 is 19.1 Å². The number of hydrogen-bond donors (Lipinski definition) is 2. The van der Waals surface area contributed by atoms with Gasteiger partial charge in [0.1, 0.15) is 17.7 Å². The molecule has 3 amide bonds. The molecule has 39 heavy (non-hydrogen) atoms. The van der Waals surface area contributed by atoms with E-state index in [9.17, 15) is 14.4 Å². The maximum absolute atomic E-state index is 14.5. The second-order valence-corrected chi connectivity index (χ2v) is 12.3. The van der Waals surface area contributed by atoms with E-state index < -0.39 is 35.2 Å². The van der Waals surface area contributed by atoms with Gasteiger partial charge in [0.05, 0.1) is 10.7 Å². The molecule has 0 aliphatic rings. The van der Waals surface area contributed by atoms with Gasteiger partial charge < -0.3 is 20.3 Å². The average molecular weight is 558 g/mol. The highest BCUT2D eigenvalue weighted by atomic mass is 35.5. The number of carbonyl (C=O) groups excluding carboxylic acids is 3. The standard InChI is InChI=1S/C31H44ClN3O4/c1-11-31(9,10)35(28(37)24(19(2)3)34-29(38)39-30(6,7)8)26(22-17-13-12-15-20(22)4)27(36)33-25-21(5)16-14-18-23(25)32/h12-19,24,26H,11H2,1-10H3,(H,33,36)(H,34,38). The molecule has 2 aromatic rings. The molecular weight excluding hydrogens is 514 g/mol. The van der Waals surface area contributed by atoms with Gasteiger partial charge in [0.25, 0.3) is 5.91 Å². The van der Waals surface area contributed by atoms with Gasteiger partial charge in [0, 0.05) is 5.54 Å². The van der Waals surface area contributed by atoms with Gasteiger partial charge in [-0.2, -0.15) is 0 Å². The van der Waals surface area contributed by atoms with Crippen molar-refractivity contribution in [2.45, 2.75) is 98.9 Å². The summed E-state index contributed by atoms with van der Waals surface area (Å²) in [5, 5.41) is 6.18. The third-order valence-electron chi connectivity index (χ3n) is 6.82. The molecule has 0 aliphatic heterocycles. The van der Waals surface area contributed by atoms with Crippen LogP contribution in [-0.2, 0) is 14.3 Å². The lowest BCUT2D eigenvalue weighted by molar-refractivity contribution is -0.148. The number of ether oxygens (including phenoxy) is 1. The maximum Gasteiger partial charge on any atom is 0.408 e. The second kappa shape index (κ2) is 12.9. The Kier molecular flexibility index (Phi) is 10.6. The minimum absolute atomic E-state index is 0.272. The zero-order chi connectivity index (χ0) is 29.7. The molecule has 0 aromatic heterocycles. The molecule has 0 aliphatic carbocycles. The Bertz CT molecular complexity index is 1170. The molecule has 2 aromatic carbocycles. The Balaban J connectivity index is 2.69. The number of halogens is 1. The Labute approximate surface area is 238 Å². The molecule has 2 rings (SSSR count). The van der Waals surface area contributed by atoms with Gasteiger partial charge in [-0.3, -0.25) is 9.59 Å². The summed E-state index contributed by atoms with van der Waals surface area (Å²) in [4.78, 5) is 43.0. The van der Waals surface area contributed by atoms with Crippen LogP contribution in [0.15, 0.2) is 42.5 Å². The number of para-hydroxylation sites is 1. The van der Waals surface area contributed by atoms with E-state index in [1.807, 2.05) is 84.9 Å². The topological polar surface area (TPSA) is 87.7 Å². The smallest absolute Gasteiger partial charge is 0.408 e. The second-order valence-electron chi connectivity index (χ2n) is 11.9. The van der Waals surface area contributed by atoms with Crippen molar-refractivity contribution in [1.82, 2.24) is 10.2 Å². The van der Waals surface area contributed by atoms with E-state index in [0.29, 0.717) is 22.7 Å². The Morgan fingerprint density at radius 1 is 0.949 bits per heavy atom. The number of carbonyl (C=O) groups is 3. The predicted octanol–water partition coefficient (Wildman–Crippen LogP) is 7.20. The quantitative estimate of drug-likeness (QED) is 0.341. The highest BCUT2D eigenvalue weighted by Gasteiger charge is 2.44. The molecule has 0 saturated carbocycles. The van der Waals surface area contributed by atoms with Gasteiger partial charge in [-0.25, -0.2) is 4.79 Å². The Morgan fingerprint density at radius 2 is 1.54 bits per heavy atom. The fraction of sp³-hybridized carbons (Fsp3) is 0.516. The van der Waals surface area contributed by atoms with Crippen LogP contribution in [0.25, 0.3) is 0 Å². The van der Waals surface area contributed by atoms with E-state index in [-0.39, 0.29) is 11.8 Å². The van der Waals surface area contributed by atoms with Crippen molar-refractivity contribution in [3.63, 3.8) is 0 Å². The summed E-state index contributed by atoms with van der Waals surface area (Å²) < 4.78 is 5.46. The molecule has 2 atom stereocenters. The van der Waals surface area contributed by atoms with Crippen LogP contribution in [0.3, 0.4) is 0 Å². The van der Waals surface area contributed by atoms with Gasteiger partial charge >= 0.3 is 6.09 Å². The van der Waals surface area contributed by atoms with Crippen LogP contribution >= 0.6 is 11.6 Å². The first kappa shape index (κ1) is 32.2. The molecular formula is C31H44ClN3O4. The zero-order valence-electron chi connectivity index (χ0n) is 24.9. The molecule has 8 heteroatoms. The number of anilines is 1. The van der Waals surface area contributed by atoms with Crippen molar-refractivity contribution in [3.8, 4) is 0 Å². The van der Waals surface area contributed by atoms with E-state index in [0.717, 1.165) is 11.1 Å². The molecule has 0 spiro atoms. The first-order chi connectivity index (χ1) is 18.0. The van der Waals surface area contributed by atoms with Gasteiger partial charge in [0.2, 0.25) is 5.91 Å². The van der Waals surface area contributed by atoms with Crippen molar-refractivity contribution in [3.05, 3.63) is 64.2 Å². The average Bonchev–Trinajstić information content (AvgIpc) is 2.82. The summed E-state index contributed by atoms with van der Waals surface area (Å²) in [5.41, 5.74) is 1.37. The van der Waals surface area contributed by atoms with E-state index in [1.54, 1.807) is 31.7 Å². The largest absolute Gasteiger partial charge is 0.444 e. The molecule has 2 N–H and O–H groups in total. The molecule has 0 heterocycles. The molecule has 0 fully saturated rings. The van der Waals surface area contributed by atoms with E-state index >= 15 is 0 Å². The van der Waals surface area contributed by atoms with Crippen LogP contribution in [0.2, 0.25) is 5.02 Å². The lowest BCUT2D eigenvalue weighted by atomic mass is 9.89.